The second-order valence-electron chi connectivity index (χ2n) is 11.8. The number of benzene rings is 3. The average molecular weight is 667 g/mol. The highest BCUT2D eigenvalue weighted by Crippen LogP contribution is 2.29. The summed E-state index contributed by atoms with van der Waals surface area (Å²) in [6.07, 6.45) is 1.87. The highest BCUT2D eigenvalue weighted by molar-refractivity contribution is 6.30. The summed E-state index contributed by atoms with van der Waals surface area (Å²) < 4.78 is 27.6. The molecule has 9 nitrogen and oxygen atoms in total. The number of ether oxygens (including phenoxy) is 2. The summed E-state index contributed by atoms with van der Waals surface area (Å²) in [4.78, 5) is 25.1. The molecule has 11 heteroatoms. The Morgan fingerprint density at radius 2 is 1.88 bits per heavy atom. The summed E-state index contributed by atoms with van der Waals surface area (Å²) in [7, 11) is 1.68. The van der Waals surface area contributed by atoms with E-state index in [1.54, 1.807) is 37.4 Å². The maximum absolute atomic E-state index is 14.2. The van der Waals surface area contributed by atoms with Gasteiger partial charge in [-0.05, 0) is 80.0 Å². The molecule has 1 fully saturated rings. The van der Waals surface area contributed by atoms with Crippen LogP contribution in [0, 0.1) is 17.1 Å². The van der Waals surface area contributed by atoms with Gasteiger partial charge < -0.3 is 19.4 Å². The summed E-state index contributed by atoms with van der Waals surface area (Å²) in [6, 6.07) is 25.2. The predicted octanol–water partition coefficient (Wildman–Crippen LogP) is 6.63. The lowest BCUT2D eigenvalue weighted by Gasteiger charge is -2.31. The molecule has 1 saturated heterocycles. The van der Waals surface area contributed by atoms with E-state index in [9.17, 15) is 9.18 Å². The molecule has 6 rings (SSSR count). The number of aromatic nitrogens is 3. The zero-order chi connectivity index (χ0) is 33.5. The van der Waals surface area contributed by atoms with Crippen molar-refractivity contribution in [3.63, 3.8) is 0 Å². The number of carbonyl (C=O) groups excluding carboxylic acids is 1. The second-order valence-corrected chi connectivity index (χ2v) is 12.3. The number of piperidine rings is 1. The number of methoxy groups -OCH3 is 1. The number of hydrogen-bond acceptors (Lipinski definition) is 7. The molecule has 0 aliphatic carbocycles. The van der Waals surface area contributed by atoms with Gasteiger partial charge in [0.05, 0.1) is 35.8 Å². The SMILES string of the molecule is COCCn1c(CN2CCC(c3cccc(OCc4ccc(Cl)cc4F)n3)CC2)nc2cc(C(=O)NCc3ccc(C#N)cc3)ccc21. The van der Waals surface area contributed by atoms with Crippen LogP contribution < -0.4 is 10.1 Å². The molecule has 1 N–H and O–H groups in total. The van der Waals surface area contributed by atoms with E-state index in [2.05, 4.69) is 20.9 Å². The molecule has 0 unspecified atom stereocenters. The lowest BCUT2D eigenvalue weighted by molar-refractivity contribution is 0.0951. The predicted molar refractivity (Wildman–Crippen MR) is 181 cm³/mol. The summed E-state index contributed by atoms with van der Waals surface area (Å²) in [5.41, 5.74) is 5.16. The fraction of sp³-hybridized carbons (Fsp3) is 0.297. The molecule has 1 aliphatic rings. The maximum Gasteiger partial charge on any atom is 0.251 e. The number of hydrogen-bond donors (Lipinski definition) is 1. The van der Waals surface area contributed by atoms with Crippen LogP contribution in [0.1, 0.15) is 57.3 Å². The van der Waals surface area contributed by atoms with E-state index < -0.39 is 5.82 Å². The van der Waals surface area contributed by atoms with Gasteiger partial charge in [0.15, 0.2) is 0 Å². The first-order chi connectivity index (χ1) is 23.4. The molecule has 0 bridgehead atoms. The number of amides is 1. The van der Waals surface area contributed by atoms with E-state index in [1.807, 2.05) is 42.5 Å². The third kappa shape index (κ3) is 8.00. The van der Waals surface area contributed by atoms with Gasteiger partial charge in [-0.25, -0.2) is 14.4 Å². The van der Waals surface area contributed by atoms with Gasteiger partial charge >= 0.3 is 0 Å². The molecular weight excluding hydrogens is 631 g/mol. The minimum Gasteiger partial charge on any atom is -0.473 e. The van der Waals surface area contributed by atoms with Gasteiger partial charge in [-0.3, -0.25) is 9.69 Å². The molecular formula is C37H36ClFN6O3. The number of nitriles is 1. The Morgan fingerprint density at radius 1 is 1.06 bits per heavy atom. The molecule has 0 saturated carbocycles. The van der Waals surface area contributed by atoms with E-state index in [0.717, 1.165) is 54.0 Å². The summed E-state index contributed by atoms with van der Waals surface area (Å²) in [5, 5.41) is 12.3. The van der Waals surface area contributed by atoms with Crippen molar-refractivity contribution in [1.82, 2.24) is 24.8 Å². The lowest BCUT2D eigenvalue weighted by atomic mass is 9.93. The zero-order valence-electron chi connectivity index (χ0n) is 26.7. The third-order valence-electron chi connectivity index (χ3n) is 8.65. The molecule has 3 aromatic carbocycles. The molecule has 5 aromatic rings. The van der Waals surface area contributed by atoms with Crippen LogP contribution in [0.2, 0.25) is 5.02 Å². The maximum atomic E-state index is 14.2. The molecule has 48 heavy (non-hydrogen) atoms. The van der Waals surface area contributed by atoms with Crippen LogP contribution >= 0.6 is 11.6 Å². The molecule has 1 amide bonds. The van der Waals surface area contributed by atoms with Crippen LogP contribution in [0.3, 0.4) is 0 Å². The quantitative estimate of drug-likeness (QED) is 0.159. The molecule has 0 atom stereocenters. The lowest BCUT2D eigenvalue weighted by Crippen LogP contribution is -2.33. The minimum atomic E-state index is -0.399. The van der Waals surface area contributed by atoms with Gasteiger partial charge in [0.1, 0.15) is 18.2 Å². The number of pyridine rings is 1. The van der Waals surface area contributed by atoms with Crippen LogP contribution in [0.25, 0.3) is 11.0 Å². The van der Waals surface area contributed by atoms with Gasteiger partial charge in [0.2, 0.25) is 5.88 Å². The number of halogens is 2. The van der Waals surface area contributed by atoms with E-state index >= 15 is 0 Å². The van der Waals surface area contributed by atoms with E-state index in [0.29, 0.717) is 53.8 Å². The number of nitrogens with zero attached hydrogens (tertiary/aromatic N) is 5. The van der Waals surface area contributed by atoms with Gasteiger partial charge in [-0.2, -0.15) is 5.26 Å². The van der Waals surface area contributed by atoms with E-state index in [4.69, 9.17) is 36.3 Å². The molecule has 2 aromatic heterocycles. The largest absolute Gasteiger partial charge is 0.473 e. The van der Waals surface area contributed by atoms with E-state index in [-0.39, 0.29) is 18.4 Å². The smallest absolute Gasteiger partial charge is 0.251 e. The molecule has 0 spiro atoms. The van der Waals surface area contributed by atoms with Crippen LogP contribution in [-0.2, 0) is 31.0 Å². The van der Waals surface area contributed by atoms with Crippen molar-refractivity contribution in [3.8, 4) is 11.9 Å². The normalized spacial score (nSPS) is 13.8. The zero-order valence-corrected chi connectivity index (χ0v) is 27.4. The average Bonchev–Trinajstić information content (AvgIpc) is 3.45. The third-order valence-corrected chi connectivity index (χ3v) is 8.89. The van der Waals surface area contributed by atoms with Gasteiger partial charge in [0, 0.05) is 54.0 Å². The van der Waals surface area contributed by atoms with Crippen molar-refractivity contribution in [1.29, 1.82) is 5.26 Å². The van der Waals surface area contributed by atoms with Crippen molar-refractivity contribution >= 4 is 28.5 Å². The minimum absolute atomic E-state index is 0.0761. The first-order valence-electron chi connectivity index (χ1n) is 15.9. The van der Waals surface area contributed by atoms with Crippen LogP contribution in [0.15, 0.2) is 78.9 Å². The van der Waals surface area contributed by atoms with Crippen LogP contribution in [-0.4, -0.2) is 52.1 Å². The van der Waals surface area contributed by atoms with Crippen molar-refractivity contribution in [2.45, 2.75) is 45.0 Å². The highest BCUT2D eigenvalue weighted by Gasteiger charge is 2.24. The van der Waals surface area contributed by atoms with Crippen molar-refractivity contribution in [3.05, 3.63) is 123 Å². The Balaban J connectivity index is 1.08. The summed E-state index contributed by atoms with van der Waals surface area (Å²) in [6.45, 7) is 4.07. The second kappa shape index (κ2) is 15.4. The Labute approximate surface area is 283 Å². The monoisotopic (exact) mass is 666 g/mol. The number of nitrogens with one attached hydrogen (secondary N) is 1. The fourth-order valence-electron chi connectivity index (χ4n) is 5.97. The first-order valence-corrected chi connectivity index (χ1v) is 16.3. The molecule has 246 valence electrons. The molecule has 3 heterocycles. The van der Waals surface area contributed by atoms with E-state index in [1.165, 1.54) is 6.07 Å². The van der Waals surface area contributed by atoms with Crippen molar-refractivity contribution in [2.75, 3.05) is 26.8 Å². The van der Waals surface area contributed by atoms with Gasteiger partial charge in [0.25, 0.3) is 5.91 Å². The topological polar surface area (TPSA) is 105 Å². The van der Waals surface area contributed by atoms with Crippen LogP contribution in [0.4, 0.5) is 4.39 Å². The Hall–Kier alpha value is -4.82. The van der Waals surface area contributed by atoms with Crippen molar-refractivity contribution in [2.24, 2.45) is 0 Å². The number of fused-ring (bicyclic) bond motifs is 1. The highest BCUT2D eigenvalue weighted by atomic mass is 35.5. The number of imidazole rings is 1. The number of rotatable bonds is 12. The fourth-order valence-corrected chi connectivity index (χ4v) is 6.13. The summed E-state index contributed by atoms with van der Waals surface area (Å²) in [5.74, 6) is 1.10. The first kappa shape index (κ1) is 33.1. The Bertz CT molecular complexity index is 1930. The number of carbonyl (C=O) groups is 1. The number of likely N-dealkylation sites (tertiary alicyclic amines) is 1. The standard InChI is InChI=1S/C37H36ClFN6O3/c1-47-18-17-45-34-12-10-28(37(46)41-22-26-7-5-25(21-40)6-8-26)19-33(34)42-35(45)23-44-15-13-27(14-16-44)32-3-2-4-36(43-32)48-24-29-9-11-30(38)20-31(29)39/h2-12,19-20,27H,13-18,22-24H2,1H3,(H,41,46). The molecule has 0 radical (unpaired) electrons. The van der Waals surface area contributed by atoms with Gasteiger partial charge in [-0.1, -0.05) is 35.9 Å². The molecule has 1 aliphatic heterocycles. The van der Waals surface area contributed by atoms with Crippen LogP contribution in [0.5, 0.6) is 5.88 Å². The Morgan fingerprint density at radius 3 is 2.62 bits per heavy atom. The van der Waals surface area contributed by atoms with Crippen molar-refractivity contribution < 1.29 is 18.7 Å². The van der Waals surface area contributed by atoms with Gasteiger partial charge in [-0.15, -0.1) is 0 Å². The summed E-state index contributed by atoms with van der Waals surface area (Å²) >= 11 is 5.87. The Kier molecular flexibility index (Phi) is 10.6.